The lowest BCUT2D eigenvalue weighted by Crippen LogP contribution is -2.20. The van der Waals surface area contributed by atoms with Gasteiger partial charge in [-0.05, 0) is 29.3 Å². The molecule has 2 rings (SSSR count). The fraction of sp³-hybridized carbons (Fsp3) is 0.133. The van der Waals surface area contributed by atoms with Crippen molar-refractivity contribution in [2.24, 2.45) is 5.73 Å². The Kier molecular flexibility index (Phi) is 4.10. The second-order valence-electron chi connectivity index (χ2n) is 4.58. The van der Waals surface area contributed by atoms with Crippen LogP contribution in [0.5, 0.6) is 0 Å². The highest BCUT2D eigenvalue weighted by atomic mass is 19.4. The summed E-state index contributed by atoms with van der Waals surface area (Å²) in [5.41, 5.74) is 0.570. The zero-order valence-electron chi connectivity index (χ0n) is 11.2. The largest absolute Gasteiger partial charge is 0.417 e. The molecular weight excluding hydrogens is 324 g/mol. The van der Waals surface area contributed by atoms with Gasteiger partial charge in [0, 0.05) is 0 Å². The van der Waals surface area contributed by atoms with Gasteiger partial charge in [0.1, 0.15) is 0 Å². The maximum atomic E-state index is 13.2. The number of halogens is 6. The highest BCUT2D eigenvalue weighted by Gasteiger charge is 2.38. The van der Waals surface area contributed by atoms with Crippen LogP contribution in [0.15, 0.2) is 36.4 Å². The molecule has 0 atom stereocenters. The number of amides is 1. The van der Waals surface area contributed by atoms with Gasteiger partial charge >= 0.3 is 12.4 Å². The van der Waals surface area contributed by atoms with E-state index in [4.69, 9.17) is 5.73 Å². The monoisotopic (exact) mass is 332 g/mol. The summed E-state index contributed by atoms with van der Waals surface area (Å²) in [5.74, 6) is -1.37. The highest BCUT2D eigenvalue weighted by molar-refractivity contribution is 5.96. The minimum atomic E-state index is -4.98. The molecule has 2 nitrogen and oxygen atoms in total. The van der Waals surface area contributed by atoms with Gasteiger partial charge in [0.25, 0.3) is 0 Å². The molecule has 0 fully saturated rings. The molecule has 0 heterocycles. The zero-order valence-corrected chi connectivity index (χ0v) is 11.2. The SMILES string of the molecule is NC(=O)c1[c]ccc(-c2cccc(C(F)(F)F)c2)c1C(F)(F)F. The first-order valence-corrected chi connectivity index (χ1v) is 6.11. The van der Waals surface area contributed by atoms with Crippen molar-refractivity contribution in [1.29, 1.82) is 0 Å². The van der Waals surface area contributed by atoms with Gasteiger partial charge in [-0.2, -0.15) is 26.3 Å². The molecule has 0 saturated carbocycles. The Hall–Kier alpha value is -2.51. The lowest BCUT2D eigenvalue weighted by atomic mass is 9.93. The van der Waals surface area contributed by atoms with Crippen LogP contribution in [-0.4, -0.2) is 5.91 Å². The van der Waals surface area contributed by atoms with Crippen molar-refractivity contribution in [2.75, 3.05) is 0 Å². The Morgan fingerprint density at radius 2 is 1.65 bits per heavy atom. The van der Waals surface area contributed by atoms with Crippen LogP contribution in [-0.2, 0) is 12.4 Å². The van der Waals surface area contributed by atoms with Gasteiger partial charge in [-0.15, -0.1) is 0 Å². The van der Waals surface area contributed by atoms with E-state index in [0.717, 1.165) is 30.3 Å². The summed E-state index contributed by atoms with van der Waals surface area (Å²) in [5, 5.41) is 0. The van der Waals surface area contributed by atoms with Crippen molar-refractivity contribution < 1.29 is 31.1 Å². The summed E-state index contributed by atoms with van der Waals surface area (Å²) in [6.07, 6.45) is -9.69. The quantitative estimate of drug-likeness (QED) is 0.819. The summed E-state index contributed by atoms with van der Waals surface area (Å²) in [6.45, 7) is 0. The number of nitrogens with two attached hydrogens (primary N) is 1. The van der Waals surface area contributed by atoms with E-state index in [0.29, 0.717) is 6.07 Å². The van der Waals surface area contributed by atoms with Gasteiger partial charge in [-0.25, -0.2) is 0 Å². The Morgan fingerprint density at radius 3 is 2.17 bits per heavy atom. The van der Waals surface area contributed by atoms with Crippen LogP contribution in [0.1, 0.15) is 21.5 Å². The molecule has 0 unspecified atom stereocenters. The van der Waals surface area contributed by atoms with Crippen molar-refractivity contribution in [2.45, 2.75) is 12.4 Å². The number of hydrogen-bond acceptors (Lipinski definition) is 1. The molecule has 1 amide bonds. The smallest absolute Gasteiger partial charge is 0.366 e. The molecule has 0 spiro atoms. The van der Waals surface area contributed by atoms with E-state index in [1.807, 2.05) is 0 Å². The molecule has 0 aliphatic heterocycles. The third-order valence-electron chi connectivity index (χ3n) is 3.03. The topological polar surface area (TPSA) is 43.1 Å². The predicted octanol–water partition coefficient (Wildman–Crippen LogP) is 4.29. The molecule has 0 bridgehead atoms. The average Bonchev–Trinajstić information content (AvgIpc) is 2.44. The number of primary amides is 1. The Labute approximate surface area is 126 Å². The van der Waals surface area contributed by atoms with E-state index in [1.165, 1.54) is 0 Å². The standard InChI is InChI=1S/C15H8F6NO/c16-14(17,18)9-4-1-3-8(7-9)10-5-2-6-11(13(22)23)12(10)15(19,20)21/h1-5,7H,(H2,22,23). The van der Waals surface area contributed by atoms with Gasteiger partial charge in [0.05, 0.1) is 16.7 Å². The van der Waals surface area contributed by atoms with Gasteiger partial charge in [0.2, 0.25) is 5.91 Å². The van der Waals surface area contributed by atoms with Crippen LogP contribution in [0, 0.1) is 6.07 Å². The second kappa shape index (κ2) is 5.60. The molecule has 0 aromatic heterocycles. The number of benzene rings is 2. The van der Waals surface area contributed by atoms with Gasteiger partial charge < -0.3 is 5.73 Å². The van der Waals surface area contributed by atoms with E-state index in [1.54, 1.807) is 0 Å². The van der Waals surface area contributed by atoms with Crippen LogP contribution in [0.25, 0.3) is 11.1 Å². The first-order chi connectivity index (χ1) is 10.5. The van der Waals surface area contributed by atoms with Crippen LogP contribution in [0.4, 0.5) is 26.3 Å². The van der Waals surface area contributed by atoms with Crippen LogP contribution in [0.3, 0.4) is 0 Å². The Balaban J connectivity index is 2.74. The summed E-state index contributed by atoms with van der Waals surface area (Å²) in [4.78, 5) is 11.2. The number of carbonyl (C=O) groups excluding carboxylic acids is 1. The molecule has 121 valence electrons. The first kappa shape index (κ1) is 16.9. The van der Waals surface area contributed by atoms with E-state index in [9.17, 15) is 31.1 Å². The van der Waals surface area contributed by atoms with Gasteiger partial charge in [-0.3, -0.25) is 4.79 Å². The minimum absolute atomic E-state index is 0.330. The lowest BCUT2D eigenvalue weighted by Gasteiger charge is -2.16. The van der Waals surface area contributed by atoms with Crippen LogP contribution >= 0.6 is 0 Å². The third-order valence-corrected chi connectivity index (χ3v) is 3.03. The van der Waals surface area contributed by atoms with Crippen molar-refractivity contribution in [3.05, 3.63) is 59.2 Å². The van der Waals surface area contributed by atoms with Crippen molar-refractivity contribution in [1.82, 2.24) is 0 Å². The molecule has 0 aliphatic rings. The molecular formula is C15H8F6NO. The normalized spacial score (nSPS) is 12.3. The van der Waals surface area contributed by atoms with Crippen LogP contribution in [0.2, 0.25) is 0 Å². The number of rotatable bonds is 2. The molecule has 0 saturated heterocycles. The second-order valence-corrected chi connectivity index (χ2v) is 4.58. The highest BCUT2D eigenvalue weighted by Crippen LogP contribution is 2.40. The third kappa shape index (κ3) is 3.46. The molecule has 2 aromatic carbocycles. The van der Waals surface area contributed by atoms with Crippen molar-refractivity contribution >= 4 is 5.91 Å². The van der Waals surface area contributed by atoms with Crippen LogP contribution < -0.4 is 5.73 Å². The Bertz CT molecular complexity index is 748. The zero-order chi connectivity index (χ0) is 17.4. The fourth-order valence-electron chi connectivity index (χ4n) is 2.09. The molecule has 1 radical (unpaired) electrons. The molecule has 8 heteroatoms. The first-order valence-electron chi connectivity index (χ1n) is 6.11. The van der Waals surface area contributed by atoms with Gasteiger partial charge in [0.15, 0.2) is 0 Å². The fourth-order valence-corrected chi connectivity index (χ4v) is 2.09. The molecule has 2 aromatic rings. The van der Waals surface area contributed by atoms with E-state index >= 15 is 0 Å². The van der Waals surface area contributed by atoms with E-state index < -0.39 is 40.5 Å². The molecule has 23 heavy (non-hydrogen) atoms. The number of carbonyl (C=O) groups is 1. The maximum absolute atomic E-state index is 13.2. The number of alkyl halides is 6. The van der Waals surface area contributed by atoms with Gasteiger partial charge in [-0.1, -0.05) is 24.3 Å². The number of hydrogen-bond donors (Lipinski definition) is 1. The Morgan fingerprint density at radius 1 is 1.00 bits per heavy atom. The van der Waals surface area contributed by atoms with Crippen molar-refractivity contribution in [3.8, 4) is 11.1 Å². The summed E-state index contributed by atoms with van der Waals surface area (Å²) in [6, 6.07) is 7.41. The maximum Gasteiger partial charge on any atom is 0.417 e. The van der Waals surface area contributed by atoms with Crippen molar-refractivity contribution in [3.63, 3.8) is 0 Å². The molecule has 0 aliphatic carbocycles. The minimum Gasteiger partial charge on any atom is -0.366 e. The van der Waals surface area contributed by atoms with E-state index in [2.05, 4.69) is 6.07 Å². The average molecular weight is 332 g/mol. The lowest BCUT2D eigenvalue weighted by molar-refractivity contribution is -0.137. The predicted molar refractivity (Wildman–Crippen MR) is 69.2 cm³/mol. The summed E-state index contributed by atoms with van der Waals surface area (Å²) < 4.78 is 77.9. The molecule has 2 N–H and O–H groups in total. The summed E-state index contributed by atoms with van der Waals surface area (Å²) in [7, 11) is 0. The van der Waals surface area contributed by atoms with E-state index in [-0.39, 0.29) is 5.56 Å². The summed E-state index contributed by atoms with van der Waals surface area (Å²) >= 11 is 0.